The third kappa shape index (κ3) is 3.36. The second-order valence-corrected chi connectivity index (χ2v) is 7.71. The van der Waals surface area contributed by atoms with Crippen molar-refractivity contribution >= 4 is 33.2 Å². The molecule has 0 spiro atoms. The number of hydrogen-bond donors (Lipinski definition) is 1. The Hall–Kier alpha value is -1.74. The number of nitrogens with one attached hydrogen (secondary N) is 1. The van der Waals surface area contributed by atoms with Crippen LogP contribution in [0.3, 0.4) is 0 Å². The van der Waals surface area contributed by atoms with Gasteiger partial charge in [-0.15, -0.1) is 11.3 Å². The Kier molecular flexibility index (Phi) is 4.97. The molecule has 0 saturated heterocycles. The van der Waals surface area contributed by atoms with E-state index in [0.29, 0.717) is 6.42 Å². The fourth-order valence-corrected chi connectivity index (χ4v) is 4.39. The van der Waals surface area contributed by atoms with Crippen LogP contribution in [-0.4, -0.2) is 32.4 Å². The maximum Gasteiger partial charge on any atom is 0.358 e. The summed E-state index contributed by atoms with van der Waals surface area (Å²) in [5, 5.41) is 0. The van der Waals surface area contributed by atoms with Crippen LogP contribution >= 0.6 is 11.3 Å². The van der Waals surface area contributed by atoms with Gasteiger partial charge in [-0.3, -0.25) is 4.79 Å². The Morgan fingerprint density at radius 1 is 1.36 bits per heavy atom. The van der Waals surface area contributed by atoms with E-state index in [-0.39, 0.29) is 15.8 Å². The van der Waals surface area contributed by atoms with E-state index in [2.05, 4.69) is 9.72 Å². The third-order valence-corrected chi connectivity index (χ3v) is 6.20. The van der Waals surface area contributed by atoms with Gasteiger partial charge in [-0.1, -0.05) is 19.1 Å². The molecule has 2 atom stereocenters. The summed E-state index contributed by atoms with van der Waals surface area (Å²) in [6.45, 7) is 1.90. The van der Waals surface area contributed by atoms with Gasteiger partial charge in [0, 0.05) is 5.92 Å². The number of carbonyl (C=O) groups excluding carboxylic acids is 2. The fourth-order valence-electron chi connectivity index (χ4n) is 2.23. The Bertz CT molecular complexity index is 708. The Morgan fingerprint density at radius 3 is 2.68 bits per heavy atom. The molecular formula is C13H16N2O5S2. The van der Waals surface area contributed by atoms with Crippen LogP contribution in [0.15, 0.2) is 21.9 Å². The van der Waals surface area contributed by atoms with Crippen LogP contribution in [-0.2, 0) is 19.6 Å². The van der Waals surface area contributed by atoms with Crippen molar-refractivity contribution < 1.29 is 22.7 Å². The van der Waals surface area contributed by atoms with Gasteiger partial charge in [0.15, 0.2) is 9.90 Å². The summed E-state index contributed by atoms with van der Waals surface area (Å²) in [7, 11) is -3.01. The van der Waals surface area contributed by atoms with Crippen molar-refractivity contribution in [2.45, 2.75) is 24.0 Å². The van der Waals surface area contributed by atoms with E-state index in [1.807, 2.05) is 23.8 Å². The summed E-state index contributed by atoms with van der Waals surface area (Å²) in [6.07, 6.45) is 5.06. The van der Waals surface area contributed by atoms with Gasteiger partial charge in [-0.05, 0) is 18.8 Å². The van der Waals surface area contributed by atoms with Gasteiger partial charge in [-0.25, -0.2) is 22.9 Å². The number of ether oxygens (including phenoxy) is 1. The van der Waals surface area contributed by atoms with Crippen molar-refractivity contribution in [2.24, 2.45) is 11.8 Å². The SMILES string of the molecule is COC(=O)c1ncsc1S(=O)(=O)NC(=O)[C@@H]1CC=CC[C@H]1C. The number of nitrogens with zero attached hydrogens (tertiary/aromatic N) is 1. The van der Waals surface area contributed by atoms with Crippen molar-refractivity contribution in [2.75, 3.05) is 7.11 Å². The molecule has 9 heteroatoms. The number of amides is 1. The molecule has 1 aromatic heterocycles. The van der Waals surface area contributed by atoms with Crippen LogP contribution in [0, 0.1) is 11.8 Å². The number of methoxy groups -OCH3 is 1. The monoisotopic (exact) mass is 344 g/mol. The zero-order chi connectivity index (χ0) is 16.3. The first-order chi connectivity index (χ1) is 10.4. The molecule has 0 aromatic carbocycles. The second kappa shape index (κ2) is 6.57. The Balaban J connectivity index is 2.21. The Morgan fingerprint density at radius 2 is 2.05 bits per heavy atom. The van der Waals surface area contributed by atoms with Crippen LogP contribution in [0.4, 0.5) is 0 Å². The molecule has 0 bridgehead atoms. The van der Waals surface area contributed by atoms with Crippen LogP contribution in [0.1, 0.15) is 30.3 Å². The number of hydrogen-bond acceptors (Lipinski definition) is 7. The topological polar surface area (TPSA) is 102 Å². The van der Waals surface area contributed by atoms with Crippen LogP contribution in [0.5, 0.6) is 0 Å². The maximum absolute atomic E-state index is 12.3. The first kappa shape index (κ1) is 16.6. The predicted octanol–water partition coefficient (Wildman–Crippen LogP) is 1.34. The number of rotatable bonds is 4. The minimum Gasteiger partial charge on any atom is -0.464 e. The second-order valence-electron chi connectivity index (χ2n) is 4.98. The van der Waals surface area contributed by atoms with Crippen LogP contribution in [0.2, 0.25) is 0 Å². The van der Waals surface area contributed by atoms with Gasteiger partial charge in [0.25, 0.3) is 10.0 Å². The number of aromatic nitrogens is 1. The lowest BCUT2D eigenvalue weighted by Crippen LogP contribution is -2.38. The lowest BCUT2D eigenvalue weighted by molar-refractivity contribution is -0.124. The number of allylic oxidation sites excluding steroid dienone is 2. The number of esters is 1. The van der Waals surface area contributed by atoms with E-state index in [1.165, 1.54) is 5.51 Å². The van der Waals surface area contributed by atoms with Gasteiger partial charge in [0.05, 0.1) is 12.6 Å². The quantitative estimate of drug-likeness (QED) is 0.653. The minimum atomic E-state index is -4.14. The zero-order valence-corrected chi connectivity index (χ0v) is 13.7. The number of sulfonamides is 1. The van der Waals surface area contributed by atoms with Crippen molar-refractivity contribution in [1.29, 1.82) is 0 Å². The van der Waals surface area contributed by atoms with Crippen molar-refractivity contribution in [3.63, 3.8) is 0 Å². The molecule has 0 radical (unpaired) electrons. The molecule has 120 valence electrons. The summed E-state index contributed by atoms with van der Waals surface area (Å²) in [6, 6.07) is 0. The molecular weight excluding hydrogens is 328 g/mol. The molecule has 2 rings (SSSR count). The molecule has 1 aliphatic carbocycles. The molecule has 22 heavy (non-hydrogen) atoms. The molecule has 0 aliphatic heterocycles. The molecule has 1 amide bonds. The lowest BCUT2D eigenvalue weighted by atomic mass is 9.84. The van der Waals surface area contributed by atoms with Gasteiger partial charge in [0.2, 0.25) is 5.91 Å². The van der Waals surface area contributed by atoms with Crippen molar-refractivity contribution in [3.05, 3.63) is 23.4 Å². The van der Waals surface area contributed by atoms with Gasteiger partial charge in [-0.2, -0.15) is 0 Å². The number of carbonyl (C=O) groups is 2. The van der Waals surface area contributed by atoms with E-state index < -0.39 is 27.8 Å². The van der Waals surface area contributed by atoms with E-state index in [4.69, 9.17) is 0 Å². The highest BCUT2D eigenvalue weighted by Crippen LogP contribution is 2.26. The summed E-state index contributed by atoms with van der Waals surface area (Å²) in [5.41, 5.74) is 0.904. The van der Waals surface area contributed by atoms with E-state index in [1.54, 1.807) is 0 Å². The molecule has 0 saturated carbocycles. The largest absolute Gasteiger partial charge is 0.464 e. The van der Waals surface area contributed by atoms with E-state index in [9.17, 15) is 18.0 Å². The van der Waals surface area contributed by atoms with Crippen molar-refractivity contribution in [1.82, 2.24) is 9.71 Å². The standard InChI is InChI=1S/C13H16N2O5S2/c1-8-5-3-4-6-9(8)11(16)15-22(18,19)13-10(12(17)20-2)14-7-21-13/h3-4,7-9H,5-6H2,1-2H3,(H,15,16)/t8-,9-/m1/s1. The number of thiazole rings is 1. The van der Waals surface area contributed by atoms with Gasteiger partial charge < -0.3 is 4.74 Å². The van der Waals surface area contributed by atoms with Crippen LogP contribution in [0.25, 0.3) is 0 Å². The summed E-state index contributed by atoms with van der Waals surface area (Å²) in [4.78, 5) is 27.4. The summed E-state index contributed by atoms with van der Waals surface area (Å²) >= 11 is 0.761. The lowest BCUT2D eigenvalue weighted by Gasteiger charge is -2.23. The van der Waals surface area contributed by atoms with E-state index >= 15 is 0 Å². The van der Waals surface area contributed by atoms with Crippen LogP contribution < -0.4 is 4.72 Å². The minimum absolute atomic E-state index is 0.0572. The molecule has 0 unspecified atom stereocenters. The summed E-state index contributed by atoms with van der Waals surface area (Å²) in [5.74, 6) is -1.78. The van der Waals surface area contributed by atoms with Crippen molar-refractivity contribution in [3.8, 4) is 0 Å². The van der Waals surface area contributed by atoms with E-state index in [0.717, 1.165) is 24.9 Å². The molecule has 1 heterocycles. The molecule has 1 N–H and O–H groups in total. The normalized spacial score (nSPS) is 21.4. The first-order valence-electron chi connectivity index (χ1n) is 6.60. The highest BCUT2D eigenvalue weighted by molar-refractivity contribution is 7.92. The molecule has 7 nitrogen and oxygen atoms in total. The zero-order valence-electron chi connectivity index (χ0n) is 12.1. The smallest absolute Gasteiger partial charge is 0.358 e. The molecule has 1 aliphatic rings. The first-order valence-corrected chi connectivity index (χ1v) is 8.96. The molecule has 1 aromatic rings. The molecule has 0 fully saturated rings. The Labute approximate surface area is 132 Å². The van der Waals surface area contributed by atoms with Gasteiger partial charge >= 0.3 is 5.97 Å². The maximum atomic E-state index is 12.3. The average Bonchev–Trinajstić information content (AvgIpc) is 2.96. The fraction of sp³-hybridized carbons (Fsp3) is 0.462. The average molecular weight is 344 g/mol. The third-order valence-electron chi connectivity index (χ3n) is 3.48. The summed E-state index contributed by atoms with van der Waals surface area (Å²) < 4.78 is 30.8. The highest BCUT2D eigenvalue weighted by Gasteiger charge is 2.32. The van der Waals surface area contributed by atoms with Gasteiger partial charge in [0.1, 0.15) is 0 Å². The highest BCUT2D eigenvalue weighted by atomic mass is 32.2. The predicted molar refractivity (Wildman–Crippen MR) is 79.8 cm³/mol.